The lowest BCUT2D eigenvalue weighted by Gasteiger charge is -2.19. The molecule has 2 N–H and O–H groups in total. The predicted molar refractivity (Wildman–Crippen MR) is 84.8 cm³/mol. The first kappa shape index (κ1) is 15.6. The van der Waals surface area contributed by atoms with Gasteiger partial charge in [-0.15, -0.1) is 0 Å². The third kappa shape index (κ3) is 2.85. The summed E-state index contributed by atoms with van der Waals surface area (Å²) in [7, 11) is -4.29. The first-order valence-electron chi connectivity index (χ1n) is 7.10. The van der Waals surface area contributed by atoms with E-state index in [9.17, 15) is 17.6 Å². The number of hydrogen-bond acceptors (Lipinski definition) is 3. The van der Waals surface area contributed by atoms with Crippen molar-refractivity contribution in [2.24, 2.45) is 5.14 Å². The van der Waals surface area contributed by atoms with Crippen molar-refractivity contribution in [2.75, 3.05) is 11.4 Å². The van der Waals surface area contributed by atoms with Crippen LogP contribution in [0.3, 0.4) is 0 Å². The first-order valence-corrected chi connectivity index (χ1v) is 8.65. The van der Waals surface area contributed by atoms with Gasteiger partial charge in [-0.3, -0.25) is 4.79 Å². The molecule has 120 valence electrons. The number of anilines is 1. The molecule has 23 heavy (non-hydrogen) atoms. The molecule has 0 radical (unpaired) electrons. The molecule has 1 fully saturated rings. The standard InChI is InChI=1S/C16H15FN2O3S/c17-15-13(19-10-4-7-14(19)20)9-8-12(16(15)23(18,21)22)11-5-2-1-3-6-11/h1-3,5-6,8-9H,4,7,10H2,(H2,18,21,22). The van der Waals surface area contributed by atoms with Crippen LogP contribution in [-0.2, 0) is 14.8 Å². The molecule has 1 saturated heterocycles. The Kier molecular flexibility index (Phi) is 3.91. The highest BCUT2D eigenvalue weighted by atomic mass is 32.2. The molecular formula is C16H15FN2O3S. The second kappa shape index (κ2) is 5.75. The molecule has 1 aliphatic rings. The van der Waals surface area contributed by atoms with E-state index in [1.54, 1.807) is 30.3 Å². The zero-order valence-electron chi connectivity index (χ0n) is 12.2. The van der Waals surface area contributed by atoms with Crippen LogP contribution >= 0.6 is 0 Å². The lowest BCUT2D eigenvalue weighted by Crippen LogP contribution is -2.26. The zero-order chi connectivity index (χ0) is 16.6. The van der Waals surface area contributed by atoms with Gasteiger partial charge in [0.15, 0.2) is 5.82 Å². The van der Waals surface area contributed by atoms with Gasteiger partial charge in [-0.05, 0) is 18.1 Å². The fraction of sp³-hybridized carbons (Fsp3) is 0.188. The van der Waals surface area contributed by atoms with Crippen LogP contribution in [-0.4, -0.2) is 20.9 Å². The number of benzene rings is 2. The van der Waals surface area contributed by atoms with Crippen LogP contribution in [0.15, 0.2) is 47.4 Å². The number of nitrogens with zero attached hydrogens (tertiary/aromatic N) is 1. The molecule has 5 nitrogen and oxygen atoms in total. The molecule has 0 bridgehead atoms. The van der Waals surface area contributed by atoms with E-state index in [0.717, 1.165) is 0 Å². The highest BCUT2D eigenvalue weighted by molar-refractivity contribution is 7.89. The summed E-state index contributed by atoms with van der Waals surface area (Å²) in [5.74, 6) is -1.21. The van der Waals surface area contributed by atoms with Crippen molar-refractivity contribution in [2.45, 2.75) is 17.7 Å². The number of halogens is 1. The van der Waals surface area contributed by atoms with Crippen molar-refractivity contribution in [1.82, 2.24) is 0 Å². The third-order valence-electron chi connectivity index (χ3n) is 3.81. The van der Waals surface area contributed by atoms with Gasteiger partial charge < -0.3 is 4.90 Å². The molecule has 1 amide bonds. The minimum absolute atomic E-state index is 0.0452. The lowest BCUT2D eigenvalue weighted by molar-refractivity contribution is -0.117. The SMILES string of the molecule is NS(=O)(=O)c1c(-c2ccccc2)ccc(N2CCCC2=O)c1F. The van der Waals surface area contributed by atoms with Gasteiger partial charge >= 0.3 is 0 Å². The molecule has 1 heterocycles. The number of amides is 1. The summed E-state index contributed by atoms with van der Waals surface area (Å²) in [6, 6.07) is 11.5. The lowest BCUT2D eigenvalue weighted by atomic mass is 10.0. The van der Waals surface area contributed by atoms with Crippen LogP contribution in [0.25, 0.3) is 11.1 Å². The Hall–Kier alpha value is -2.25. The van der Waals surface area contributed by atoms with Gasteiger partial charge in [0.05, 0.1) is 5.69 Å². The molecule has 0 aliphatic carbocycles. The first-order chi connectivity index (χ1) is 10.9. The molecule has 0 atom stereocenters. The quantitative estimate of drug-likeness (QED) is 0.935. The van der Waals surface area contributed by atoms with E-state index in [-0.39, 0.29) is 17.2 Å². The molecule has 0 spiro atoms. The maximum absolute atomic E-state index is 14.9. The van der Waals surface area contributed by atoms with Crippen molar-refractivity contribution in [3.8, 4) is 11.1 Å². The fourth-order valence-electron chi connectivity index (χ4n) is 2.78. The van der Waals surface area contributed by atoms with Gasteiger partial charge in [0.25, 0.3) is 0 Å². The second-order valence-corrected chi connectivity index (χ2v) is 6.83. The number of rotatable bonds is 3. The number of nitrogens with two attached hydrogens (primary N) is 1. The van der Waals surface area contributed by atoms with Crippen molar-refractivity contribution in [3.05, 3.63) is 48.3 Å². The van der Waals surface area contributed by atoms with Crippen LogP contribution in [0.4, 0.5) is 10.1 Å². The minimum atomic E-state index is -4.29. The van der Waals surface area contributed by atoms with Crippen LogP contribution in [0.1, 0.15) is 12.8 Å². The summed E-state index contributed by atoms with van der Waals surface area (Å²) in [5.41, 5.74) is 0.673. The van der Waals surface area contributed by atoms with Gasteiger partial charge in [-0.25, -0.2) is 17.9 Å². The highest BCUT2D eigenvalue weighted by Gasteiger charge is 2.29. The highest BCUT2D eigenvalue weighted by Crippen LogP contribution is 2.35. The second-order valence-electron chi connectivity index (χ2n) is 5.34. The monoisotopic (exact) mass is 334 g/mol. The number of carbonyl (C=O) groups excluding carboxylic acids is 1. The smallest absolute Gasteiger partial charge is 0.241 e. The molecular weight excluding hydrogens is 319 g/mol. The van der Waals surface area contributed by atoms with Gasteiger partial charge in [-0.2, -0.15) is 0 Å². The van der Waals surface area contributed by atoms with Crippen molar-refractivity contribution in [1.29, 1.82) is 0 Å². The van der Waals surface area contributed by atoms with E-state index in [2.05, 4.69) is 0 Å². The Morgan fingerprint density at radius 2 is 1.78 bits per heavy atom. The van der Waals surface area contributed by atoms with Crippen LogP contribution in [0.5, 0.6) is 0 Å². The van der Waals surface area contributed by atoms with E-state index in [1.165, 1.54) is 17.0 Å². The maximum atomic E-state index is 14.9. The van der Waals surface area contributed by atoms with Gasteiger partial charge in [0.2, 0.25) is 15.9 Å². The van der Waals surface area contributed by atoms with E-state index < -0.39 is 20.7 Å². The number of carbonyl (C=O) groups is 1. The van der Waals surface area contributed by atoms with E-state index >= 15 is 0 Å². The maximum Gasteiger partial charge on any atom is 0.241 e. The predicted octanol–water partition coefficient (Wildman–Crippen LogP) is 2.27. The van der Waals surface area contributed by atoms with Crippen LogP contribution in [0, 0.1) is 5.82 Å². The summed E-state index contributed by atoms with van der Waals surface area (Å²) in [5, 5.41) is 5.23. The normalized spacial score (nSPS) is 15.2. The Bertz CT molecular complexity index is 866. The summed E-state index contributed by atoms with van der Waals surface area (Å²) >= 11 is 0. The summed E-state index contributed by atoms with van der Waals surface area (Å²) in [6.45, 7) is 0.366. The van der Waals surface area contributed by atoms with E-state index in [1.807, 2.05) is 0 Å². The summed E-state index contributed by atoms with van der Waals surface area (Å²) in [4.78, 5) is 12.5. The molecule has 2 aromatic rings. The summed E-state index contributed by atoms with van der Waals surface area (Å²) < 4.78 is 38.7. The van der Waals surface area contributed by atoms with Crippen LogP contribution in [0.2, 0.25) is 0 Å². The minimum Gasteiger partial charge on any atom is -0.310 e. The summed E-state index contributed by atoms with van der Waals surface area (Å²) in [6.07, 6.45) is 0.938. The molecule has 0 aromatic heterocycles. The average Bonchev–Trinajstić information content (AvgIpc) is 2.92. The van der Waals surface area contributed by atoms with Crippen molar-refractivity contribution < 1.29 is 17.6 Å². The fourth-order valence-corrected chi connectivity index (χ4v) is 3.63. The molecule has 3 rings (SSSR count). The van der Waals surface area contributed by atoms with Gasteiger partial charge in [0.1, 0.15) is 4.90 Å². The Labute approximate surface area is 133 Å². The number of primary sulfonamides is 1. The van der Waals surface area contributed by atoms with E-state index in [4.69, 9.17) is 5.14 Å². The third-order valence-corrected chi connectivity index (χ3v) is 4.78. The zero-order valence-corrected chi connectivity index (χ0v) is 13.0. The van der Waals surface area contributed by atoms with Crippen molar-refractivity contribution in [3.63, 3.8) is 0 Å². The van der Waals surface area contributed by atoms with Gasteiger partial charge in [-0.1, -0.05) is 36.4 Å². The topological polar surface area (TPSA) is 80.5 Å². The Morgan fingerprint density at radius 3 is 2.35 bits per heavy atom. The molecule has 0 unspecified atom stereocenters. The van der Waals surface area contributed by atoms with Crippen LogP contribution < -0.4 is 10.0 Å². The molecule has 1 aliphatic heterocycles. The number of sulfonamides is 1. The molecule has 2 aromatic carbocycles. The largest absolute Gasteiger partial charge is 0.310 e. The number of hydrogen-bond donors (Lipinski definition) is 1. The van der Waals surface area contributed by atoms with Gasteiger partial charge in [0, 0.05) is 18.5 Å². The average molecular weight is 334 g/mol. The Balaban J connectivity index is 2.24. The molecule has 7 heteroatoms. The van der Waals surface area contributed by atoms with E-state index in [0.29, 0.717) is 24.9 Å². The van der Waals surface area contributed by atoms with Crippen molar-refractivity contribution >= 4 is 21.6 Å². The Morgan fingerprint density at radius 1 is 1.09 bits per heavy atom. The molecule has 0 saturated carbocycles.